The summed E-state index contributed by atoms with van der Waals surface area (Å²) in [6.45, 7) is 0. The molecular formula is C32H28FN3. The lowest BCUT2D eigenvalue weighted by Gasteiger charge is -2.31. The summed E-state index contributed by atoms with van der Waals surface area (Å²) in [6, 6.07) is 29.4. The second kappa shape index (κ2) is 9.92. The summed E-state index contributed by atoms with van der Waals surface area (Å²) in [5, 5.41) is 0. The summed E-state index contributed by atoms with van der Waals surface area (Å²) in [5.41, 5.74) is 15.3. The minimum atomic E-state index is -1.22. The van der Waals surface area contributed by atoms with Gasteiger partial charge in [-0.05, 0) is 75.9 Å². The van der Waals surface area contributed by atoms with E-state index in [1.807, 2.05) is 30.5 Å². The first kappa shape index (κ1) is 22.4. The predicted molar refractivity (Wildman–Crippen MR) is 146 cm³/mol. The Labute approximate surface area is 211 Å². The smallest absolute Gasteiger partial charge is 0.195 e. The molecule has 1 fully saturated rings. The van der Waals surface area contributed by atoms with Crippen LogP contribution in [0.25, 0.3) is 23.3 Å². The van der Waals surface area contributed by atoms with E-state index in [4.69, 9.17) is 0 Å². The first-order chi connectivity index (χ1) is 17.8. The van der Waals surface area contributed by atoms with Gasteiger partial charge < -0.3 is 5.43 Å². The van der Waals surface area contributed by atoms with Crippen molar-refractivity contribution in [2.24, 2.45) is 5.92 Å². The van der Waals surface area contributed by atoms with Crippen LogP contribution in [0.1, 0.15) is 58.9 Å². The molecule has 2 N–H and O–H groups in total. The molecule has 4 aromatic rings. The Kier molecular flexibility index (Phi) is 6.18. The Bertz CT molecular complexity index is 1410. The lowest BCUT2D eigenvalue weighted by Crippen LogP contribution is -2.15. The van der Waals surface area contributed by atoms with Gasteiger partial charge >= 0.3 is 0 Å². The molecule has 1 aliphatic heterocycles. The number of hydrogen-bond donors (Lipinski definition) is 2. The van der Waals surface area contributed by atoms with Gasteiger partial charge in [0.1, 0.15) is 0 Å². The highest BCUT2D eigenvalue weighted by molar-refractivity contribution is 6.00. The van der Waals surface area contributed by atoms with Crippen LogP contribution in [0.4, 0.5) is 10.1 Å². The number of nitrogens with zero attached hydrogens (tertiary/aromatic N) is 1. The molecule has 1 aromatic heterocycles. The molecule has 36 heavy (non-hydrogen) atoms. The van der Waals surface area contributed by atoms with Crippen LogP contribution in [0, 0.1) is 5.92 Å². The zero-order valence-electron chi connectivity index (χ0n) is 20.0. The predicted octanol–water partition coefficient (Wildman–Crippen LogP) is 7.91. The van der Waals surface area contributed by atoms with Gasteiger partial charge in [-0.3, -0.25) is 4.98 Å². The first-order valence-corrected chi connectivity index (χ1v) is 12.5. The molecule has 1 aliphatic carbocycles. The molecule has 1 atom stereocenters. The summed E-state index contributed by atoms with van der Waals surface area (Å²) in [4.78, 5) is 4.18. The number of benzene rings is 3. The van der Waals surface area contributed by atoms with E-state index in [-0.39, 0.29) is 0 Å². The second-order valence-electron chi connectivity index (χ2n) is 9.46. The van der Waals surface area contributed by atoms with Crippen LogP contribution in [0.5, 0.6) is 0 Å². The van der Waals surface area contributed by atoms with Gasteiger partial charge in [0.25, 0.3) is 0 Å². The van der Waals surface area contributed by atoms with Crippen molar-refractivity contribution in [3.8, 4) is 0 Å². The maximum absolute atomic E-state index is 14.6. The molecule has 4 heteroatoms. The normalized spacial score (nSPS) is 17.9. The van der Waals surface area contributed by atoms with E-state index in [1.54, 1.807) is 6.20 Å². The van der Waals surface area contributed by atoms with Crippen molar-refractivity contribution in [3.05, 3.63) is 131 Å². The molecule has 178 valence electrons. The number of halogens is 1. The van der Waals surface area contributed by atoms with E-state index in [0.29, 0.717) is 11.5 Å². The summed E-state index contributed by atoms with van der Waals surface area (Å²) in [6.07, 6.45) is 10.2. The van der Waals surface area contributed by atoms with Crippen LogP contribution < -0.4 is 10.9 Å². The van der Waals surface area contributed by atoms with Gasteiger partial charge in [0.05, 0.1) is 5.69 Å². The zero-order valence-corrected chi connectivity index (χ0v) is 20.0. The van der Waals surface area contributed by atoms with E-state index < -0.39 is 6.30 Å². The first-order valence-electron chi connectivity index (χ1n) is 12.5. The van der Waals surface area contributed by atoms with E-state index in [0.717, 1.165) is 27.9 Å². The van der Waals surface area contributed by atoms with Crippen LogP contribution in [0.15, 0.2) is 97.3 Å². The highest BCUT2D eigenvalue weighted by atomic mass is 19.1. The number of alkyl halides is 1. The van der Waals surface area contributed by atoms with Gasteiger partial charge in [-0.1, -0.05) is 85.3 Å². The topological polar surface area (TPSA) is 37.0 Å². The molecule has 0 amide bonds. The van der Waals surface area contributed by atoms with Gasteiger partial charge in [0.2, 0.25) is 0 Å². The number of anilines is 1. The largest absolute Gasteiger partial charge is 0.318 e. The average Bonchev–Trinajstić information content (AvgIpc) is 3.28. The SMILES string of the molecule is FC1NNc2ccc(/C(=C(/c3ccccc3)C3CCC3)c3ccc(/C=C/c4cccnc4)cc3)cc21. The Hall–Kier alpha value is -4.02. The van der Waals surface area contributed by atoms with Crippen molar-refractivity contribution in [3.63, 3.8) is 0 Å². The van der Waals surface area contributed by atoms with E-state index in [9.17, 15) is 4.39 Å². The van der Waals surface area contributed by atoms with Gasteiger partial charge in [-0.25, -0.2) is 9.82 Å². The van der Waals surface area contributed by atoms with Crippen molar-refractivity contribution in [2.75, 3.05) is 5.43 Å². The van der Waals surface area contributed by atoms with Crippen molar-refractivity contribution in [2.45, 2.75) is 25.6 Å². The monoisotopic (exact) mass is 473 g/mol. The highest BCUT2D eigenvalue weighted by Crippen LogP contribution is 2.46. The van der Waals surface area contributed by atoms with Crippen LogP contribution in [-0.2, 0) is 0 Å². The van der Waals surface area contributed by atoms with Crippen molar-refractivity contribution in [1.29, 1.82) is 0 Å². The summed E-state index contributed by atoms with van der Waals surface area (Å²) in [7, 11) is 0. The average molecular weight is 474 g/mol. The molecule has 3 nitrogen and oxygen atoms in total. The summed E-state index contributed by atoms with van der Waals surface area (Å²) < 4.78 is 14.6. The molecule has 0 bridgehead atoms. The molecule has 1 saturated carbocycles. The summed E-state index contributed by atoms with van der Waals surface area (Å²) >= 11 is 0. The number of pyridine rings is 1. The fourth-order valence-corrected chi connectivity index (χ4v) is 5.06. The third-order valence-corrected chi connectivity index (χ3v) is 7.17. The van der Waals surface area contributed by atoms with E-state index >= 15 is 0 Å². The molecule has 6 rings (SSSR count). The number of fused-ring (bicyclic) bond motifs is 1. The fourth-order valence-electron chi connectivity index (χ4n) is 5.06. The molecule has 2 aliphatic rings. The fraction of sp³-hybridized carbons (Fsp3) is 0.156. The Morgan fingerprint density at radius 1 is 0.806 bits per heavy atom. The molecule has 1 unspecified atom stereocenters. The minimum absolute atomic E-state index is 0.498. The minimum Gasteiger partial charge on any atom is -0.318 e. The lowest BCUT2D eigenvalue weighted by atomic mass is 9.73. The number of aromatic nitrogens is 1. The number of hydrogen-bond acceptors (Lipinski definition) is 3. The molecule has 0 saturated heterocycles. The van der Waals surface area contributed by atoms with Crippen LogP contribution in [-0.4, -0.2) is 4.98 Å². The van der Waals surface area contributed by atoms with E-state index in [2.05, 4.69) is 88.7 Å². The molecule has 3 aromatic carbocycles. The Morgan fingerprint density at radius 3 is 2.31 bits per heavy atom. The van der Waals surface area contributed by atoms with Crippen molar-refractivity contribution >= 4 is 29.0 Å². The third kappa shape index (κ3) is 4.48. The summed E-state index contributed by atoms with van der Waals surface area (Å²) in [5.74, 6) is 0.498. The van der Waals surface area contributed by atoms with E-state index in [1.165, 1.54) is 36.0 Å². The lowest BCUT2D eigenvalue weighted by molar-refractivity contribution is 0.314. The number of nitrogens with one attached hydrogen (secondary N) is 2. The zero-order chi connectivity index (χ0) is 24.3. The van der Waals surface area contributed by atoms with Gasteiger partial charge in [0.15, 0.2) is 6.30 Å². The van der Waals surface area contributed by atoms with Crippen LogP contribution >= 0.6 is 0 Å². The number of allylic oxidation sites excluding steroid dienone is 1. The van der Waals surface area contributed by atoms with Gasteiger partial charge in [0, 0.05) is 18.0 Å². The maximum Gasteiger partial charge on any atom is 0.195 e. The molecule has 2 heterocycles. The van der Waals surface area contributed by atoms with Gasteiger partial charge in [-0.15, -0.1) is 0 Å². The maximum atomic E-state index is 14.6. The second-order valence-corrected chi connectivity index (χ2v) is 9.46. The van der Waals surface area contributed by atoms with Crippen molar-refractivity contribution < 1.29 is 4.39 Å². The molecule has 0 radical (unpaired) electrons. The Balaban J connectivity index is 1.47. The van der Waals surface area contributed by atoms with Gasteiger partial charge in [-0.2, -0.15) is 0 Å². The van der Waals surface area contributed by atoms with Crippen LogP contribution in [0.2, 0.25) is 0 Å². The number of hydrazine groups is 1. The Morgan fingerprint density at radius 2 is 1.58 bits per heavy atom. The number of rotatable bonds is 6. The van der Waals surface area contributed by atoms with Crippen molar-refractivity contribution in [1.82, 2.24) is 10.4 Å². The highest BCUT2D eigenvalue weighted by Gasteiger charge is 2.28. The standard InChI is InChI=1S/C32H28FN3/c33-32-28-20-27(17-18-29(28)35-36-32)31(30(25-9-4-10-25)24-7-2-1-3-8-24)26-15-13-22(14-16-26)11-12-23-6-5-19-34-21-23/h1-3,5-8,11-21,25,32,35-36H,4,9-10H2/b12-11+,31-30-. The molecular weight excluding hydrogens is 445 g/mol. The quantitative estimate of drug-likeness (QED) is 0.221. The molecule has 0 spiro atoms. The van der Waals surface area contributed by atoms with Crippen LogP contribution in [0.3, 0.4) is 0 Å². The third-order valence-electron chi connectivity index (χ3n) is 7.17.